The molecule has 4 nitrogen and oxygen atoms in total. The first-order valence-corrected chi connectivity index (χ1v) is 5.43. The number of hydrogen-bond donors (Lipinski definition) is 2. The second kappa shape index (κ2) is 5.63. The van der Waals surface area contributed by atoms with E-state index in [0.29, 0.717) is 5.56 Å². The Morgan fingerprint density at radius 2 is 1.83 bits per heavy atom. The van der Waals surface area contributed by atoms with Crippen LogP contribution in [0.4, 0.5) is 0 Å². The van der Waals surface area contributed by atoms with E-state index in [2.05, 4.69) is 9.97 Å². The molecule has 2 heterocycles. The van der Waals surface area contributed by atoms with Gasteiger partial charge in [-0.05, 0) is 30.3 Å². The van der Waals surface area contributed by atoms with Crippen molar-refractivity contribution in [3.63, 3.8) is 0 Å². The van der Waals surface area contributed by atoms with E-state index in [0.717, 1.165) is 10.9 Å². The summed E-state index contributed by atoms with van der Waals surface area (Å²) in [6.07, 6.45) is 5.23. The lowest BCUT2D eigenvalue weighted by Crippen LogP contribution is -1.95. The van der Waals surface area contributed by atoms with E-state index in [1.54, 1.807) is 36.8 Å². The fraction of sp³-hybridized carbons (Fsp3) is 0. The Morgan fingerprint density at radius 3 is 2.39 bits per heavy atom. The smallest absolute Gasteiger partial charge is 0.336 e. The third kappa shape index (κ3) is 2.74. The van der Waals surface area contributed by atoms with Crippen molar-refractivity contribution < 1.29 is 9.90 Å². The van der Waals surface area contributed by atoms with Crippen molar-refractivity contribution in [2.75, 3.05) is 0 Å². The highest BCUT2D eigenvalue weighted by atomic mass is 16.4. The third-order valence-corrected chi connectivity index (χ3v) is 2.39. The highest BCUT2D eigenvalue weighted by Crippen LogP contribution is 2.16. The van der Waals surface area contributed by atoms with Gasteiger partial charge in [-0.2, -0.15) is 0 Å². The number of pyridine rings is 1. The number of carboxylic acids is 1. The van der Waals surface area contributed by atoms with E-state index in [1.807, 2.05) is 24.3 Å². The number of fused-ring (bicyclic) bond motifs is 1. The van der Waals surface area contributed by atoms with Crippen molar-refractivity contribution in [1.82, 2.24) is 9.97 Å². The Kier molecular flexibility index (Phi) is 3.71. The summed E-state index contributed by atoms with van der Waals surface area (Å²) in [4.78, 5) is 17.4. The van der Waals surface area contributed by atoms with Crippen LogP contribution in [0.2, 0.25) is 0 Å². The molecule has 0 saturated heterocycles. The zero-order chi connectivity index (χ0) is 12.8. The van der Waals surface area contributed by atoms with Gasteiger partial charge in [0.1, 0.15) is 0 Å². The number of aromatic nitrogens is 2. The number of carboxylic acid groups (broad SMARTS) is 1. The second-order valence-corrected chi connectivity index (χ2v) is 3.57. The number of carbonyl (C=O) groups is 1. The molecular formula is C14H12N2O2. The van der Waals surface area contributed by atoms with Gasteiger partial charge in [-0.25, -0.2) is 4.79 Å². The standard InChI is InChI=1S/C9H7NO2.C5H5N/c11-9(12)7-2-1-3-8-6(7)4-5-10-8;1-2-4-6-5-3-1/h1-5,10H,(H,11,12);1-5H. The van der Waals surface area contributed by atoms with Crippen LogP contribution in [-0.2, 0) is 0 Å². The van der Waals surface area contributed by atoms with Crippen LogP contribution >= 0.6 is 0 Å². The van der Waals surface area contributed by atoms with E-state index >= 15 is 0 Å². The van der Waals surface area contributed by atoms with Gasteiger partial charge < -0.3 is 10.1 Å². The lowest BCUT2D eigenvalue weighted by molar-refractivity contribution is 0.0699. The molecule has 0 atom stereocenters. The number of aromatic carboxylic acids is 1. The van der Waals surface area contributed by atoms with Gasteiger partial charge >= 0.3 is 5.97 Å². The zero-order valence-corrected chi connectivity index (χ0v) is 9.58. The van der Waals surface area contributed by atoms with Crippen molar-refractivity contribution in [2.24, 2.45) is 0 Å². The van der Waals surface area contributed by atoms with Gasteiger partial charge in [-0.1, -0.05) is 12.1 Å². The second-order valence-electron chi connectivity index (χ2n) is 3.57. The van der Waals surface area contributed by atoms with E-state index in [4.69, 9.17) is 5.11 Å². The van der Waals surface area contributed by atoms with Crippen molar-refractivity contribution in [3.8, 4) is 0 Å². The van der Waals surface area contributed by atoms with Gasteiger partial charge in [-0.3, -0.25) is 4.98 Å². The minimum Gasteiger partial charge on any atom is -0.478 e. The number of benzene rings is 1. The molecule has 1 aromatic carbocycles. The molecular weight excluding hydrogens is 228 g/mol. The Bertz CT molecular complexity index is 606. The van der Waals surface area contributed by atoms with Gasteiger partial charge in [0.25, 0.3) is 0 Å². The van der Waals surface area contributed by atoms with Crippen LogP contribution in [-0.4, -0.2) is 21.0 Å². The predicted octanol–water partition coefficient (Wildman–Crippen LogP) is 2.95. The van der Waals surface area contributed by atoms with Crippen LogP contribution < -0.4 is 0 Å². The largest absolute Gasteiger partial charge is 0.478 e. The third-order valence-electron chi connectivity index (χ3n) is 2.39. The van der Waals surface area contributed by atoms with E-state index in [1.165, 1.54) is 0 Å². The summed E-state index contributed by atoms with van der Waals surface area (Å²) < 4.78 is 0. The maximum atomic E-state index is 10.7. The minimum absolute atomic E-state index is 0.341. The molecule has 0 amide bonds. The summed E-state index contributed by atoms with van der Waals surface area (Å²) in [5.74, 6) is -0.889. The molecule has 0 aliphatic heterocycles. The molecule has 2 N–H and O–H groups in total. The first kappa shape index (κ1) is 11.9. The van der Waals surface area contributed by atoms with Crippen LogP contribution in [0.5, 0.6) is 0 Å². The average Bonchev–Trinajstić information content (AvgIpc) is 2.89. The normalized spacial score (nSPS) is 9.56. The van der Waals surface area contributed by atoms with Crippen LogP contribution in [0.1, 0.15) is 10.4 Å². The van der Waals surface area contributed by atoms with Crippen molar-refractivity contribution in [2.45, 2.75) is 0 Å². The molecule has 0 unspecified atom stereocenters. The van der Waals surface area contributed by atoms with Gasteiger partial charge in [0.2, 0.25) is 0 Å². The summed E-state index contributed by atoms with van der Waals surface area (Å²) in [5.41, 5.74) is 1.20. The predicted molar refractivity (Wildman–Crippen MR) is 69.5 cm³/mol. The summed E-state index contributed by atoms with van der Waals surface area (Å²) in [6, 6.07) is 12.6. The van der Waals surface area contributed by atoms with Gasteiger partial charge in [0, 0.05) is 29.5 Å². The maximum absolute atomic E-state index is 10.7. The zero-order valence-electron chi connectivity index (χ0n) is 9.58. The van der Waals surface area contributed by atoms with Crippen molar-refractivity contribution in [3.05, 3.63) is 66.6 Å². The van der Waals surface area contributed by atoms with Crippen LogP contribution in [0.3, 0.4) is 0 Å². The number of H-pyrrole nitrogens is 1. The number of nitrogens with zero attached hydrogens (tertiary/aromatic N) is 1. The van der Waals surface area contributed by atoms with E-state index < -0.39 is 5.97 Å². The highest BCUT2D eigenvalue weighted by molar-refractivity contribution is 6.02. The Hall–Kier alpha value is -2.62. The Labute approximate surface area is 104 Å². The molecule has 0 aliphatic rings. The molecule has 0 radical (unpaired) electrons. The van der Waals surface area contributed by atoms with Crippen molar-refractivity contribution >= 4 is 16.9 Å². The monoisotopic (exact) mass is 240 g/mol. The Balaban J connectivity index is 0.000000169. The molecule has 18 heavy (non-hydrogen) atoms. The minimum atomic E-state index is -0.889. The summed E-state index contributed by atoms with van der Waals surface area (Å²) in [6.45, 7) is 0. The molecule has 3 aromatic rings. The SMILES string of the molecule is O=C(O)c1cccc2[nH]ccc12.c1ccncc1. The number of nitrogens with one attached hydrogen (secondary N) is 1. The van der Waals surface area contributed by atoms with E-state index in [-0.39, 0.29) is 0 Å². The molecule has 0 bridgehead atoms. The van der Waals surface area contributed by atoms with Crippen LogP contribution in [0, 0.1) is 0 Å². The lowest BCUT2D eigenvalue weighted by atomic mass is 10.1. The topological polar surface area (TPSA) is 66.0 Å². The lowest BCUT2D eigenvalue weighted by Gasteiger charge is -1.94. The van der Waals surface area contributed by atoms with Crippen LogP contribution in [0.25, 0.3) is 10.9 Å². The fourth-order valence-electron chi connectivity index (χ4n) is 1.58. The molecule has 0 aliphatic carbocycles. The molecule has 0 fully saturated rings. The number of rotatable bonds is 1. The first-order valence-electron chi connectivity index (χ1n) is 5.43. The molecule has 3 rings (SSSR count). The summed E-state index contributed by atoms with van der Waals surface area (Å²) in [7, 11) is 0. The summed E-state index contributed by atoms with van der Waals surface area (Å²) >= 11 is 0. The van der Waals surface area contributed by atoms with Gasteiger partial charge in [0.15, 0.2) is 0 Å². The quantitative estimate of drug-likeness (QED) is 0.687. The fourth-order valence-corrected chi connectivity index (χ4v) is 1.58. The first-order chi connectivity index (χ1) is 8.79. The number of aromatic amines is 1. The van der Waals surface area contributed by atoms with Crippen LogP contribution in [0.15, 0.2) is 61.1 Å². The number of hydrogen-bond acceptors (Lipinski definition) is 2. The maximum Gasteiger partial charge on any atom is 0.336 e. The summed E-state index contributed by atoms with van der Waals surface area (Å²) in [5, 5.41) is 9.54. The van der Waals surface area contributed by atoms with Gasteiger partial charge in [0.05, 0.1) is 5.56 Å². The molecule has 2 aromatic heterocycles. The molecule has 0 spiro atoms. The van der Waals surface area contributed by atoms with Crippen molar-refractivity contribution in [1.29, 1.82) is 0 Å². The Morgan fingerprint density at radius 1 is 1.06 bits per heavy atom. The average molecular weight is 240 g/mol. The molecule has 90 valence electrons. The highest BCUT2D eigenvalue weighted by Gasteiger charge is 2.06. The molecule has 0 saturated carbocycles. The van der Waals surface area contributed by atoms with Gasteiger partial charge in [-0.15, -0.1) is 0 Å². The molecule has 4 heteroatoms. The van der Waals surface area contributed by atoms with E-state index in [9.17, 15) is 4.79 Å².